The van der Waals surface area contributed by atoms with Crippen LogP contribution in [0.5, 0.6) is 0 Å². The Morgan fingerprint density at radius 1 is 1.10 bits per heavy atom. The van der Waals surface area contributed by atoms with Crippen molar-refractivity contribution < 1.29 is 17.6 Å². The van der Waals surface area contributed by atoms with E-state index in [0.717, 1.165) is 15.4 Å². The van der Waals surface area contributed by atoms with Gasteiger partial charge in [0, 0.05) is 0 Å². The molecule has 0 aliphatic carbocycles. The van der Waals surface area contributed by atoms with Crippen LogP contribution in [0.1, 0.15) is 23.8 Å². The predicted molar refractivity (Wildman–Crippen MR) is 116 cm³/mol. The number of amides is 1. The third-order valence-electron chi connectivity index (χ3n) is 4.46. The number of nitrogens with one attached hydrogen (secondary N) is 1. The fourth-order valence-electron chi connectivity index (χ4n) is 2.89. The Morgan fingerprint density at radius 3 is 2.50 bits per heavy atom. The fourth-order valence-corrected chi connectivity index (χ4v) is 4.35. The van der Waals surface area contributed by atoms with Crippen molar-refractivity contribution in [1.82, 2.24) is 5.43 Å². The van der Waals surface area contributed by atoms with E-state index in [0.29, 0.717) is 17.9 Å². The van der Waals surface area contributed by atoms with E-state index in [4.69, 9.17) is 4.42 Å². The standard InChI is InChI=1S/C22H23N3O4S/c1-3-18-7-4-5-9-21(18)25(30(27,28)20-12-10-17(2)11-13-20)16-22(26)24-23-15-19-8-6-14-29-19/h4-15H,3,16H2,1-2H3,(H,24,26)/b23-15-. The van der Waals surface area contributed by atoms with Crippen molar-refractivity contribution in [2.24, 2.45) is 5.10 Å². The van der Waals surface area contributed by atoms with Gasteiger partial charge in [-0.1, -0.05) is 42.8 Å². The van der Waals surface area contributed by atoms with Gasteiger partial charge < -0.3 is 4.42 Å². The van der Waals surface area contributed by atoms with Crippen LogP contribution in [0.4, 0.5) is 5.69 Å². The summed E-state index contributed by atoms with van der Waals surface area (Å²) in [6, 6.07) is 17.0. The van der Waals surface area contributed by atoms with Crippen LogP contribution in [0.2, 0.25) is 0 Å². The van der Waals surface area contributed by atoms with Crippen molar-refractivity contribution in [3.05, 3.63) is 83.8 Å². The van der Waals surface area contributed by atoms with Crippen LogP contribution in [-0.4, -0.2) is 27.1 Å². The molecular formula is C22H23N3O4S. The Morgan fingerprint density at radius 2 is 1.83 bits per heavy atom. The maximum absolute atomic E-state index is 13.4. The molecule has 1 N–H and O–H groups in total. The molecule has 156 valence electrons. The molecule has 3 rings (SSSR count). The van der Waals surface area contributed by atoms with E-state index in [2.05, 4.69) is 10.5 Å². The number of hydrogen-bond acceptors (Lipinski definition) is 5. The second-order valence-corrected chi connectivity index (χ2v) is 8.48. The molecule has 0 spiro atoms. The van der Waals surface area contributed by atoms with Crippen LogP contribution in [0.3, 0.4) is 0 Å². The SMILES string of the molecule is CCc1ccccc1N(CC(=O)N/N=C\c1ccco1)S(=O)(=O)c1ccc(C)cc1. The van der Waals surface area contributed by atoms with Gasteiger partial charge in [-0.2, -0.15) is 5.10 Å². The highest BCUT2D eigenvalue weighted by molar-refractivity contribution is 7.92. The molecular weight excluding hydrogens is 402 g/mol. The first-order chi connectivity index (χ1) is 14.4. The summed E-state index contributed by atoms with van der Waals surface area (Å²) in [5.41, 5.74) is 4.58. The molecule has 0 unspecified atom stereocenters. The summed E-state index contributed by atoms with van der Waals surface area (Å²) in [6.07, 6.45) is 3.45. The van der Waals surface area contributed by atoms with Crippen LogP contribution in [0.15, 0.2) is 81.3 Å². The maximum Gasteiger partial charge on any atom is 0.264 e. The Hall–Kier alpha value is -3.39. The van der Waals surface area contributed by atoms with Crippen molar-refractivity contribution in [3.63, 3.8) is 0 Å². The lowest BCUT2D eigenvalue weighted by atomic mass is 10.1. The minimum absolute atomic E-state index is 0.117. The molecule has 0 fully saturated rings. The zero-order valence-corrected chi connectivity index (χ0v) is 17.6. The molecule has 30 heavy (non-hydrogen) atoms. The molecule has 0 saturated heterocycles. The number of anilines is 1. The number of furan rings is 1. The molecule has 0 atom stereocenters. The molecule has 0 saturated carbocycles. The quantitative estimate of drug-likeness (QED) is 0.442. The molecule has 0 radical (unpaired) electrons. The van der Waals surface area contributed by atoms with E-state index in [1.54, 1.807) is 48.5 Å². The number of aryl methyl sites for hydroxylation is 2. The molecule has 2 aromatic carbocycles. The Balaban J connectivity index is 1.91. The molecule has 1 aromatic heterocycles. The van der Waals surface area contributed by atoms with Crippen LogP contribution in [0.25, 0.3) is 0 Å². The number of sulfonamides is 1. The Kier molecular flexibility index (Phi) is 6.68. The van der Waals surface area contributed by atoms with Crippen molar-refractivity contribution in [2.75, 3.05) is 10.8 Å². The monoisotopic (exact) mass is 425 g/mol. The van der Waals surface area contributed by atoms with Crippen molar-refractivity contribution in [3.8, 4) is 0 Å². The number of hydrogen-bond donors (Lipinski definition) is 1. The second kappa shape index (κ2) is 9.41. The molecule has 7 nitrogen and oxygen atoms in total. The van der Waals surface area contributed by atoms with Crippen LogP contribution < -0.4 is 9.73 Å². The average molecular weight is 426 g/mol. The van der Waals surface area contributed by atoms with E-state index in [-0.39, 0.29) is 4.90 Å². The molecule has 1 heterocycles. The lowest BCUT2D eigenvalue weighted by Gasteiger charge is -2.25. The number of carbonyl (C=O) groups is 1. The van der Waals surface area contributed by atoms with Crippen molar-refractivity contribution >= 4 is 27.8 Å². The van der Waals surface area contributed by atoms with Gasteiger partial charge in [-0.05, 0) is 49.2 Å². The summed E-state index contributed by atoms with van der Waals surface area (Å²) in [7, 11) is -3.96. The highest BCUT2D eigenvalue weighted by atomic mass is 32.2. The molecule has 8 heteroatoms. The molecule has 0 bridgehead atoms. The summed E-state index contributed by atoms with van der Waals surface area (Å²) in [5, 5.41) is 3.83. The summed E-state index contributed by atoms with van der Waals surface area (Å²) >= 11 is 0. The lowest BCUT2D eigenvalue weighted by Crippen LogP contribution is -2.40. The highest BCUT2D eigenvalue weighted by Crippen LogP contribution is 2.27. The first-order valence-electron chi connectivity index (χ1n) is 9.44. The van der Waals surface area contributed by atoms with Crippen molar-refractivity contribution in [1.29, 1.82) is 0 Å². The summed E-state index contributed by atoms with van der Waals surface area (Å²) < 4.78 is 33.0. The predicted octanol–water partition coefficient (Wildman–Crippen LogP) is 3.50. The zero-order chi connectivity index (χ0) is 21.6. The van der Waals surface area contributed by atoms with Gasteiger partial charge >= 0.3 is 0 Å². The molecule has 1 amide bonds. The maximum atomic E-state index is 13.4. The second-order valence-electron chi connectivity index (χ2n) is 6.62. The third-order valence-corrected chi connectivity index (χ3v) is 6.24. The summed E-state index contributed by atoms with van der Waals surface area (Å²) in [5.74, 6) is -0.102. The number of benzene rings is 2. The van der Waals surface area contributed by atoms with Crippen LogP contribution in [0, 0.1) is 6.92 Å². The smallest absolute Gasteiger partial charge is 0.264 e. The summed E-state index contributed by atoms with van der Waals surface area (Å²) in [4.78, 5) is 12.6. The van der Waals surface area contributed by atoms with Gasteiger partial charge in [-0.25, -0.2) is 13.8 Å². The minimum atomic E-state index is -3.96. The van der Waals surface area contributed by atoms with Crippen LogP contribution in [-0.2, 0) is 21.2 Å². The van der Waals surface area contributed by atoms with Crippen LogP contribution >= 0.6 is 0 Å². The van der Waals surface area contributed by atoms with Gasteiger partial charge in [0.05, 0.1) is 23.1 Å². The van der Waals surface area contributed by atoms with E-state index < -0.39 is 22.5 Å². The van der Waals surface area contributed by atoms with E-state index in [1.165, 1.54) is 12.5 Å². The minimum Gasteiger partial charge on any atom is -0.463 e. The number of nitrogens with zero attached hydrogens (tertiary/aromatic N) is 2. The first-order valence-corrected chi connectivity index (χ1v) is 10.9. The van der Waals surface area contributed by atoms with Gasteiger partial charge in [0.25, 0.3) is 15.9 Å². The van der Waals surface area contributed by atoms with Gasteiger partial charge in [0.2, 0.25) is 0 Å². The van der Waals surface area contributed by atoms with Gasteiger partial charge in [-0.3, -0.25) is 9.10 Å². The van der Waals surface area contributed by atoms with Gasteiger partial charge in [0.15, 0.2) is 0 Å². The highest BCUT2D eigenvalue weighted by Gasteiger charge is 2.28. The number of hydrazone groups is 1. The summed E-state index contributed by atoms with van der Waals surface area (Å²) in [6.45, 7) is 3.40. The third kappa shape index (κ3) is 4.96. The fraction of sp³-hybridized carbons (Fsp3) is 0.182. The van der Waals surface area contributed by atoms with Gasteiger partial charge in [0.1, 0.15) is 12.3 Å². The normalized spacial score (nSPS) is 11.5. The Bertz CT molecular complexity index is 1120. The Labute approximate surface area is 176 Å². The molecule has 0 aliphatic rings. The topological polar surface area (TPSA) is 92.0 Å². The van der Waals surface area contributed by atoms with Crippen molar-refractivity contribution in [2.45, 2.75) is 25.2 Å². The lowest BCUT2D eigenvalue weighted by molar-refractivity contribution is -0.119. The largest absolute Gasteiger partial charge is 0.463 e. The molecule has 0 aliphatic heterocycles. The number of rotatable bonds is 8. The zero-order valence-electron chi connectivity index (χ0n) is 16.8. The van der Waals surface area contributed by atoms with E-state index in [9.17, 15) is 13.2 Å². The van der Waals surface area contributed by atoms with E-state index in [1.807, 2.05) is 26.0 Å². The number of carbonyl (C=O) groups excluding carboxylic acids is 1. The molecule has 3 aromatic rings. The number of para-hydroxylation sites is 1. The van der Waals surface area contributed by atoms with E-state index >= 15 is 0 Å². The average Bonchev–Trinajstić information content (AvgIpc) is 3.26. The first kappa shape index (κ1) is 21.3. The van der Waals surface area contributed by atoms with Gasteiger partial charge in [-0.15, -0.1) is 0 Å².